The van der Waals surface area contributed by atoms with Crippen LogP contribution in [-0.4, -0.2) is 23.3 Å². The number of rotatable bonds is 5. The molecule has 0 aliphatic rings. The zero-order valence-corrected chi connectivity index (χ0v) is 9.14. The summed E-state index contributed by atoms with van der Waals surface area (Å²) in [6.45, 7) is 1.80. The molecule has 4 nitrogen and oxygen atoms in total. The Kier molecular flexibility index (Phi) is 4.92. The largest absolute Gasteiger partial charge is 0.461 e. The minimum atomic E-state index is -0.372. The maximum Gasteiger partial charge on any atom is 0.311 e. The standard InChI is InChI=1S/C12H14N2O2/c1-10(13)8-12(15)16-7-3-5-11-4-2-6-14-9-11/h2-6,9,13H,7-8H2,1H3. The number of hydrogen-bond acceptors (Lipinski definition) is 4. The van der Waals surface area contributed by atoms with Gasteiger partial charge < -0.3 is 10.1 Å². The minimum Gasteiger partial charge on any atom is -0.461 e. The topological polar surface area (TPSA) is 63.0 Å². The molecule has 0 radical (unpaired) electrons. The van der Waals surface area contributed by atoms with Gasteiger partial charge in [-0.2, -0.15) is 0 Å². The first kappa shape index (κ1) is 12.1. The number of nitrogens with zero attached hydrogens (tertiary/aromatic N) is 1. The van der Waals surface area contributed by atoms with Gasteiger partial charge in [-0.05, 0) is 24.6 Å². The van der Waals surface area contributed by atoms with Crippen molar-refractivity contribution in [1.82, 2.24) is 4.98 Å². The van der Waals surface area contributed by atoms with Crippen LogP contribution in [0.15, 0.2) is 30.6 Å². The van der Waals surface area contributed by atoms with Gasteiger partial charge in [0.05, 0.1) is 6.42 Å². The Hall–Kier alpha value is -1.97. The number of carbonyl (C=O) groups is 1. The maximum atomic E-state index is 11.1. The molecule has 0 aromatic carbocycles. The number of esters is 1. The Morgan fingerprint density at radius 3 is 3.06 bits per heavy atom. The highest BCUT2D eigenvalue weighted by Crippen LogP contribution is 1.98. The molecule has 0 spiro atoms. The molecule has 4 heteroatoms. The SMILES string of the molecule is CC(=N)CC(=O)OCC=Cc1cccnc1. The average molecular weight is 218 g/mol. The lowest BCUT2D eigenvalue weighted by Crippen LogP contribution is -2.08. The van der Waals surface area contributed by atoms with Crippen molar-refractivity contribution in [3.8, 4) is 0 Å². The van der Waals surface area contributed by atoms with E-state index in [0.29, 0.717) is 5.71 Å². The van der Waals surface area contributed by atoms with E-state index < -0.39 is 0 Å². The monoisotopic (exact) mass is 218 g/mol. The summed E-state index contributed by atoms with van der Waals surface area (Å²) >= 11 is 0. The van der Waals surface area contributed by atoms with Gasteiger partial charge >= 0.3 is 5.97 Å². The fraction of sp³-hybridized carbons (Fsp3) is 0.250. The van der Waals surface area contributed by atoms with Crippen LogP contribution < -0.4 is 0 Å². The summed E-state index contributed by atoms with van der Waals surface area (Å²) in [5.74, 6) is -0.372. The lowest BCUT2D eigenvalue weighted by molar-refractivity contribution is -0.140. The second-order valence-corrected chi connectivity index (χ2v) is 3.33. The molecule has 16 heavy (non-hydrogen) atoms. The van der Waals surface area contributed by atoms with Gasteiger partial charge in [0.25, 0.3) is 0 Å². The van der Waals surface area contributed by atoms with Crippen molar-refractivity contribution in [1.29, 1.82) is 5.41 Å². The molecular weight excluding hydrogens is 204 g/mol. The number of ether oxygens (including phenoxy) is 1. The van der Waals surface area contributed by atoms with Crippen molar-refractivity contribution in [2.45, 2.75) is 13.3 Å². The number of aromatic nitrogens is 1. The first-order valence-electron chi connectivity index (χ1n) is 4.94. The fourth-order valence-corrected chi connectivity index (χ4v) is 1.07. The van der Waals surface area contributed by atoms with Gasteiger partial charge in [0.15, 0.2) is 0 Å². The summed E-state index contributed by atoms with van der Waals surface area (Å²) in [5, 5.41) is 7.11. The molecule has 0 fully saturated rings. The third kappa shape index (κ3) is 5.05. The highest BCUT2D eigenvalue weighted by molar-refractivity contribution is 5.95. The van der Waals surface area contributed by atoms with E-state index in [1.165, 1.54) is 0 Å². The van der Waals surface area contributed by atoms with E-state index in [1.807, 2.05) is 18.2 Å². The normalized spacial score (nSPS) is 10.3. The molecule has 0 unspecified atom stereocenters. The van der Waals surface area contributed by atoms with Crippen molar-refractivity contribution in [3.05, 3.63) is 36.2 Å². The third-order valence-corrected chi connectivity index (χ3v) is 1.74. The summed E-state index contributed by atoms with van der Waals surface area (Å²) in [7, 11) is 0. The predicted molar refractivity (Wildman–Crippen MR) is 62.2 cm³/mol. The van der Waals surface area contributed by atoms with Crippen LogP contribution in [0.5, 0.6) is 0 Å². The highest BCUT2D eigenvalue weighted by Gasteiger charge is 2.01. The lowest BCUT2D eigenvalue weighted by Gasteiger charge is -1.99. The summed E-state index contributed by atoms with van der Waals surface area (Å²) in [4.78, 5) is 15.0. The molecule has 0 bridgehead atoms. The van der Waals surface area contributed by atoms with Crippen LogP contribution in [0.1, 0.15) is 18.9 Å². The van der Waals surface area contributed by atoms with Crippen LogP contribution in [0.3, 0.4) is 0 Å². The molecule has 1 aromatic heterocycles. The van der Waals surface area contributed by atoms with Crippen molar-refractivity contribution in [2.75, 3.05) is 6.61 Å². The van der Waals surface area contributed by atoms with Crippen LogP contribution in [-0.2, 0) is 9.53 Å². The van der Waals surface area contributed by atoms with Crippen LogP contribution in [0, 0.1) is 5.41 Å². The Morgan fingerprint density at radius 1 is 1.62 bits per heavy atom. The van der Waals surface area contributed by atoms with Gasteiger partial charge in [-0.3, -0.25) is 9.78 Å². The third-order valence-electron chi connectivity index (χ3n) is 1.74. The molecule has 0 amide bonds. The zero-order chi connectivity index (χ0) is 11.8. The molecule has 0 atom stereocenters. The van der Waals surface area contributed by atoms with E-state index in [2.05, 4.69) is 4.98 Å². The van der Waals surface area contributed by atoms with Crippen molar-refractivity contribution < 1.29 is 9.53 Å². The Bertz CT molecular complexity index is 385. The van der Waals surface area contributed by atoms with E-state index in [1.54, 1.807) is 25.4 Å². The molecule has 1 aromatic rings. The summed E-state index contributed by atoms with van der Waals surface area (Å²) in [6, 6.07) is 3.75. The second kappa shape index (κ2) is 6.50. The minimum absolute atomic E-state index is 0.0563. The van der Waals surface area contributed by atoms with Gasteiger partial charge in [0, 0.05) is 18.1 Å². The lowest BCUT2D eigenvalue weighted by atomic mass is 10.3. The predicted octanol–water partition coefficient (Wildman–Crippen LogP) is 2.07. The quantitative estimate of drug-likeness (QED) is 0.607. The van der Waals surface area contributed by atoms with E-state index in [-0.39, 0.29) is 19.0 Å². The van der Waals surface area contributed by atoms with Crippen molar-refractivity contribution >= 4 is 17.8 Å². The first-order chi connectivity index (χ1) is 7.68. The molecule has 1 heterocycles. The second-order valence-electron chi connectivity index (χ2n) is 3.33. The highest BCUT2D eigenvalue weighted by atomic mass is 16.5. The first-order valence-corrected chi connectivity index (χ1v) is 4.94. The van der Waals surface area contributed by atoms with Crippen molar-refractivity contribution in [2.24, 2.45) is 0 Å². The van der Waals surface area contributed by atoms with E-state index in [4.69, 9.17) is 10.1 Å². The Morgan fingerprint density at radius 2 is 2.44 bits per heavy atom. The van der Waals surface area contributed by atoms with Gasteiger partial charge in [-0.15, -0.1) is 0 Å². The van der Waals surface area contributed by atoms with Gasteiger partial charge in [-0.25, -0.2) is 0 Å². The van der Waals surface area contributed by atoms with Gasteiger partial charge in [0.2, 0.25) is 0 Å². The van der Waals surface area contributed by atoms with Crippen LogP contribution in [0.2, 0.25) is 0 Å². The maximum absolute atomic E-state index is 11.1. The molecular formula is C12H14N2O2. The fourth-order valence-electron chi connectivity index (χ4n) is 1.07. The van der Waals surface area contributed by atoms with E-state index >= 15 is 0 Å². The number of nitrogens with one attached hydrogen (secondary N) is 1. The molecule has 84 valence electrons. The average Bonchev–Trinajstić information content (AvgIpc) is 2.25. The smallest absolute Gasteiger partial charge is 0.311 e. The summed E-state index contributed by atoms with van der Waals surface area (Å²) < 4.78 is 4.89. The van der Waals surface area contributed by atoms with Crippen LogP contribution in [0.25, 0.3) is 6.08 Å². The van der Waals surface area contributed by atoms with Crippen LogP contribution >= 0.6 is 0 Å². The van der Waals surface area contributed by atoms with E-state index in [9.17, 15) is 4.79 Å². The Balaban J connectivity index is 2.28. The van der Waals surface area contributed by atoms with Gasteiger partial charge in [-0.1, -0.05) is 12.1 Å². The zero-order valence-electron chi connectivity index (χ0n) is 9.14. The van der Waals surface area contributed by atoms with E-state index in [0.717, 1.165) is 5.56 Å². The molecule has 0 saturated heterocycles. The number of carbonyl (C=O) groups excluding carboxylic acids is 1. The van der Waals surface area contributed by atoms with Crippen molar-refractivity contribution in [3.63, 3.8) is 0 Å². The summed E-state index contributed by atoms with van der Waals surface area (Å²) in [5.41, 5.74) is 1.27. The summed E-state index contributed by atoms with van der Waals surface area (Å²) in [6.07, 6.45) is 7.05. The molecule has 0 saturated carbocycles. The number of hydrogen-bond donors (Lipinski definition) is 1. The number of pyridine rings is 1. The van der Waals surface area contributed by atoms with Crippen LogP contribution in [0.4, 0.5) is 0 Å². The Labute approximate surface area is 94.5 Å². The molecule has 0 aliphatic carbocycles. The molecule has 1 rings (SSSR count). The molecule has 1 N–H and O–H groups in total. The molecule has 0 aliphatic heterocycles. The van der Waals surface area contributed by atoms with Gasteiger partial charge in [0.1, 0.15) is 6.61 Å².